The van der Waals surface area contributed by atoms with Crippen molar-refractivity contribution in [2.45, 2.75) is 24.6 Å². The van der Waals surface area contributed by atoms with Crippen molar-refractivity contribution in [3.05, 3.63) is 33.1 Å². The highest BCUT2D eigenvalue weighted by Crippen LogP contribution is 2.29. The number of rotatable bonds is 2. The average Bonchev–Trinajstić information content (AvgIpc) is 2.57. The first-order chi connectivity index (χ1) is 8.04. The predicted octanol–water partition coefficient (Wildman–Crippen LogP) is -1.87. The molecule has 1 aliphatic heterocycles. The van der Waals surface area contributed by atoms with Gasteiger partial charge in [-0.3, -0.25) is 14.3 Å². The molecule has 3 N–H and O–H groups in total. The maximum atomic E-state index is 13.4. The van der Waals surface area contributed by atoms with Crippen LogP contribution in [-0.4, -0.2) is 44.8 Å². The van der Waals surface area contributed by atoms with Crippen LogP contribution in [0.25, 0.3) is 0 Å². The van der Waals surface area contributed by atoms with E-state index in [2.05, 4.69) is 0 Å². The number of ether oxygens (including phenoxy) is 1. The molecule has 2 rings (SSSR count). The Morgan fingerprint density at radius 2 is 2.24 bits per heavy atom. The van der Waals surface area contributed by atoms with E-state index >= 15 is 0 Å². The summed E-state index contributed by atoms with van der Waals surface area (Å²) in [5, 5.41) is 18.4. The number of halogens is 1. The molecule has 1 aromatic heterocycles. The van der Waals surface area contributed by atoms with Crippen LogP contribution in [-0.2, 0) is 4.74 Å². The van der Waals surface area contributed by atoms with Crippen LogP contribution in [0.4, 0.5) is 4.39 Å². The Hall–Kier alpha value is -1.51. The maximum absolute atomic E-state index is 13.4. The van der Waals surface area contributed by atoms with Crippen molar-refractivity contribution in [1.29, 1.82) is 0 Å². The first-order valence-electron chi connectivity index (χ1n) is 4.94. The minimum absolute atomic E-state index is 0.603. The lowest BCUT2D eigenvalue weighted by atomic mass is 10.1. The van der Waals surface area contributed by atoms with Crippen LogP contribution >= 0.6 is 0 Å². The Kier molecular flexibility index (Phi) is 3.09. The second kappa shape index (κ2) is 4.40. The summed E-state index contributed by atoms with van der Waals surface area (Å²) in [6, 6.07) is 1.05. The van der Waals surface area contributed by atoms with Crippen molar-refractivity contribution >= 4 is 0 Å². The average molecular weight is 246 g/mol. The van der Waals surface area contributed by atoms with E-state index < -0.39 is 42.5 Å². The van der Waals surface area contributed by atoms with Crippen LogP contribution in [0.5, 0.6) is 0 Å². The van der Waals surface area contributed by atoms with Gasteiger partial charge in [0.25, 0.3) is 5.56 Å². The zero-order valence-electron chi connectivity index (χ0n) is 8.62. The molecule has 17 heavy (non-hydrogen) atoms. The molecule has 1 fully saturated rings. The van der Waals surface area contributed by atoms with Gasteiger partial charge in [0.2, 0.25) is 0 Å². The third-order valence-corrected chi connectivity index (χ3v) is 2.59. The topological polar surface area (TPSA) is 105 Å². The van der Waals surface area contributed by atoms with E-state index in [-0.39, 0.29) is 0 Å². The van der Waals surface area contributed by atoms with E-state index in [0.29, 0.717) is 0 Å². The summed E-state index contributed by atoms with van der Waals surface area (Å²) < 4.78 is 19.3. The molecule has 0 bridgehead atoms. The molecule has 7 nitrogen and oxygen atoms in total. The van der Waals surface area contributed by atoms with E-state index in [1.165, 1.54) is 0 Å². The Morgan fingerprint density at radius 3 is 2.76 bits per heavy atom. The third-order valence-electron chi connectivity index (χ3n) is 2.59. The molecule has 0 amide bonds. The van der Waals surface area contributed by atoms with Crippen LogP contribution in [0.2, 0.25) is 0 Å². The van der Waals surface area contributed by atoms with Crippen LogP contribution in [0, 0.1) is 0 Å². The Labute approximate surface area is 94.1 Å². The van der Waals surface area contributed by atoms with E-state index in [1.807, 2.05) is 4.98 Å². The molecule has 8 heteroatoms. The molecule has 0 spiro atoms. The van der Waals surface area contributed by atoms with E-state index in [4.69, 9.17) is 9.84 Å². The largest absolute Gasteiger partial charge is 0.394 e. The number of hydrogen-bond acceptors (Lipinski definition) is 5. The molecule has 2 heterocycles. The SMILES string of the molecule is O=c1ccn(C2O[C@H](CO)[C@H](F)[C@H]2O)c(=O)[nH]1. The Balaban J connectivity index is 2.35. The predicted molar refractivity (Wildman–Crippen MR) is 53.2 cm³/mol. The van der Waals surface area contributed by atoms with Gasteiger partial charge in [0.1, 0.15) is 12.2 Å². The van der Waals surface area contributed by atoms with Crippen LogP contribution in [0.15, 0.2) is 21.9 Å². The van der Waals surface area contributed by atoms with Gasteiger partial charge in [-0.25, -0.2) is 9.18 Å². The lowest BCUT2D eigenvalue weighted by Crippen LogP contribution is -2.36. The summed E-state index contributed by atoms with van der Waals surface area (Å²) in [5.41, 5.74) is -1.42. The van der Waals surface area contributed by atoms with Crippen molar-refractivity contribution < 1.29 is 19.3 Å². The lowest BCUT2D eigenvalue weighted by molar-refractivity contribution is -0.0537. The summed E-state index contributed by atoms with van der Waals surface area (Å²) in [4.78, 5) is 24.2. The summed E-state index contributed by atoms with van der Waals surface area (Å²) >= 11 is 0. The van der Waals surface area contributed by atoms with Crippen molar-refractivity contribution in [2.24, 2.45) is 0 Å². The minimum Gasteiger partial charge on any atom is -0.394 e. The molecule has 94 valence electrons. The van der Waals surface area contributed by atoms with Gasteiger partial charge >= 0.3 is 5.69 Å². The monoisotopic (exact) mass is 246 g/mol. The van der Waals surface area contributed by atoms with Crippen molar-refractivity contribution in [3.8, 4) is 0 Å². The van der Waals surface area contributed by atoms with Crippen molar-refractivity contribution in [2.75, 3.05) is 6.61 Å². The first kappa shape index (κ1) is 12.0. The van der Waals surface area contributed by atoms with Gasteiger partial charge < -0.3 is 14.9 Å². The zero-order chi connectivity index (χ0) is 12.6. The van der Waals surface area contributed by atoms with Crippen LogP contribution in [0.3, 0.4) is 0 Å². The second-order valence-electron chi connectivity index (χ2n) is 3.70. The molecular weight excluding hydrogens is 235 g/mol. The van der Waals surface area contributed by atoms with Crippen molar-refractivity contribution in [3.63, 3.8) is 0 Å². The number of aromatic nitrogens is 2. The molecule has 1 saturated heterocycles. The molecule has 1 unspecified atom stereocenters. The minimum atomic E-state index is -1.79. The fourth-order valence-electron chi connectivity index (χ4n) is 1.71. The summed E-state index contributed by atoms with van der Waals surface area (Å²) in [5.74, 6) is 0. The van der Waals surface area contributed by atoms with Gasteiger partial charge in [0.15, 0.2) is 12.4 Å². The number of aliphatic hydroxyl groups excluding tert-OH is 2. The van der Waals surface area contributed by atoms with Crippen molar-refractivity contribution in [1.82, 2.24) is 9.55 Å². The molecular formula is C9H11FN2O5. The Morgan fingerprint density at radius 1 is 1.53 bits per heavy atom. The highest BCUT2D eigenvalue weighted by atomic mass is 19.1. The first-order valence-corrected chi connectivity index (χ1v) is 4.94. The lowest BCUT2D eigenvalue weighted by Gasteiger charge is -2.16. The van der Waals surface area contributed by atoms with E-state index in [9.17, 15) is 19.1 Å². The zero-order valence-corrected chi connectivity index (χ0v) is 8.62. The van der Waals surface area contributed by atoms with Gasteiger partial charge in [0, 0.05) is 12.3 Å². The molecule has 4 atom stereocenters. The highest BCUT2D eigenvalue weighted by Gasteiger charge is 2.45. The number of H-pyrrole nitrogens is 1. The van der Waals surface area contributed by atoms with Gasteiger partial charge in [-0.05, 0) is 0 Å². The van der Waals surface area contributed by atoms with Crippen LogP contribution < -0.4 is 11.2 Å². The van der Waals surface area contributed by atoms with Gasteiger partial charge in [-0.2, -0.15) is 0 Å². The number of aromatic amines is 1. The molecule has 0 saturated carbocycles. The summed E-state index contributed by atoms with van der Waals surface area (Å²) in [7, 11) is 0. The third kappa shape index (κ3) is 2.02. The fraction of sp³-hybridized carbons (Fsp3) is 0.556. The van der Waals surface area contributed by atoms with Gasteiger partial charge in [0.05, 0.1) is 6.61 Å². The molecule has 0 radical (unpaired) electrons. The fourth-order valence-corrected chi connectivity index (χ4v) is 1.71. The number of alkyl halides is 1. The maximum Gasteiger partial charge on any atom is 0.330 e. The number of nitrogens with one attached hydrogen (secondary N) is 1. The van der Waals surface area contributed by atoms with Crippen LogP contribution in [0.1, 0.15) is 6.23 Å². The Bertz CT molecular complexity index is 513. The van der Waals surface area contributed by atoms with E-state index in [0.717, 1.165) is 16.8 Å². The molecule has 1 aliphatic rings. The smallest absolute Gasteiger partial charge is 0.330 e. The summed E-state index contributed by atoms with van der Waals surface area (Å²) in [6.07, 6.45) is -4.71. The number of hydrogen-bond donors (Lipinski definition) is 3. The normalized spacial score (nSPS) is 32.9. The number of nitrogens with zero attached hydrogens (tertiary/aromatic N) is 1. The standard InChI is InChI=1S/C9H11FN2O5/c10-6-4(3-13)17-8(7(6)15)12-2-1-5(14)11-9(12)16/h1-2,4,6-8,13,15H,3H2,(H,11,14,16)/t4-,6+,7-,8?/m1/s1. The highest BCUT2D eigenvalue weighted by molar-refractivity contribution is 4.93. The second-order valence-corrected chi connectivity index (χ2v) is 3.70. The summed E-state index contributed by atoms with van der Waals surface area (Å²) in [6.45, 7) is -0.604. The quantitative estimate of drug-likeness (QED) is 0.567. The van der Waals surface area contributed by atoms with Gasteiger partial charge in [-0.15, -0.1) is 0 Å². The van der Waals surface area contributed by atoms with Gasteiger partial charge in [-0.1, -0.05) is 0 Å². The molecule has 1 aromatic rings. The van der Waals surface area contributed by atoms with E-state index in [1.54, 1.807) is 0 Å². The number of aliphatic hydroxyl groups is 2. The molecule has 0 aliphatic carbocycles. The molecule has 0 aromatic carbocycles.